The Balaban J connectivity index is 2.34. The maximum absolute atomic E-state index is 11.9. The predicted molar refractivity (Wildman–Crippen MR) is 75.8 cm³/mol. The second kappa shape index (κ2) is 8.04. The zero-order valence-electron chi connectivity index (χ0n) is 11.5. The van der Waals surface area contributed by atoms with E-state index in [9.17, 15) is 9.59 Å². The Morgan fingerprint density at radius 1 is 1.30 bits per heavy atom. The molecule has 6 nitrogen and oxygen atoms in total. The van der Waals surface area contributed by atoms with E-state index in [0.29, 0.717) is 30.0 Å². The molecule has 4 N–H and O–H groups in total. The summed E-state index contributed by atoms with van der Waals surface area (Å²) in [5.74, 6) is -0.420. The van der Waals surface area contributed by atoms with Crippen LogP contribution < -0.4 is 15.8 Å². The van der Waals surface area contributed by atoms with Crippen LogP contribution in [0.4, 0.5) is 5.69 Å². The predicted octanol–water partition coefficient (Wildman–Crippen LogP) is 1.65. The molecule has 20 heavy (non-hydrogen) atoms. The van der Waals surface area contributed by atoms with Gasteiger partial charge in [0.2, 0.25) is 0 Å². The largest absolute Gasteiger partial charge is 0.497 e. The Morgan fingerprint density at radius 3 is 2.65 bits per heavy atom. The monoisotopic (exact) mass is 280 g/mol. The van der Waals surface area contributed by atoms with Crippen molar-refractivity contribution in [3.05, 3.63) is 23.8 Å². The first-order chi connectivity index (χ1) is 9.54. The van der Waals surface area contributed by atoms with E-state index in [2.05, 4.69) is 5.32 Å². The summed E-state index contributed by atoms with van der Waals surface area (Å²) in [6.07, 6.45) is 2.30. The van der Waals surface area contributed by atoms with Gasteiger partial charge in [0.05, 0.1) is 12.7 Å². The maximum atomic E-state index is 11.9. The van der Waals surface area contributed by atoms with Gasteiger partial charge in [0.15, 0.2) is 0 Å². The number of amides is 1. The number of nitrogens with two attached hydrogens (primary N) is 1. The van der Waals surface area contributed by atoms with Crippen molar-refractivity contribution in [3.8, 4) is 5.75 Å². The molecule has 0 spiro atoms. The number of benzene rings is 1. The maximum Gasteiger partial charge on any atom is 0.303 e. The van der Waals surface area contributed by atoms with E-state index in [4.69, 9.17) is 15.6 Å². The first-order valence-corrected chi connectivity index (χ1v) is 6.48. The second-order valence-corrected chi connectivity index (χ2v) is 4.41. The van der Waals surface area contributed by atoms with Crippen LogP contribution in [-0.4, -0.2) is 30.6 Å². The number of carboxylic acids is 1. The SMILES string of the molecule is COc1ccc(C(=O)NCCCCCC(=O)O)c(N)c1. The molecule has 1 rings (SSSR count). The van der Waals surface area contributed by atoms with Gasteiger partial charge in [-0.15, -0.1) is 0 Å². The summed E-state index contributed by atoms with van der Waals surface area (Å²) >= 11 is 0. The van der Waals surface area contributed by atoms with Crippen LogP contribution in [0.5, 0.6) is 5.75 Å². The molecule has 0 bridgehead atoms. The summed E-state index contributed by atoms with van der Waals surface area (Å²) in [6.45, 7) is 0.504. The Labute approximate surface area is 117 Å². The van der Waals surface area contributed by atoms with Gasteiger partial charge in [-0.05, 0) is 25.0 Å². The molecule has 1 amide bonds. The molecule has 0 fully saturated rings. The lowest BCUT2D eigenvalue weighted by Crippen LogP contribution is -2.25. The zero-order chi connectivity index (χ0) is 15.0. The van der Waals surface area contributed by atoms with E-state index in [1.807, 2.05) is 0 Å². The van der Waals surface area contributed by atoms with Crippen molar-refractivity contribution in [1.82, 2.24) is 5.32 Å². The van der Waals surface area contributed by atoms with Gasteiger partial charge < -0.3 is 20.9 Å². The normalized spacial score (nSPS) is 10.1. The highest BCUT2D eigenvalue weighted by atomic mass is 16.5. The third-order valence-corrected chi connectivity index (χ3v) is 2.86. The molecule has 0 aliphatic rings. The number of nitrogen functional groups attached to an aromatic ring is 1. The summed E-state index contributed by atoms with van der Waals surface area (Å²) in [5.41, 5.74) is 6.56. The summed E-state index contributed by atoms with van der Waals surface area (Å²) in [5, 5.41) is 11.2. The van der Waals surface area contributed by atoms with E-state index in [0.717, 1.165) is 12.8 Å². The highest BCUT2D eigenvalue weighted by Crippen LogP contribution is 2.19. The van der Waals surface area contributed by atoms with E-state index in [1.165, 1.54) is 7.11 Å². The smallest absolute Gasteiger partial charge is 0.303 e. The van der Waals surface area contributed by atoms with Gasteiger partial charge in [0.1, 0.15) is 5.75 Å². The van der Waals surface area contributed by atoms with Crippen molar-refractivity contribution in [3.63, 3.8) is 0 Å². The molecule has 0 heterocycles. The lowest BCUT2D eigenvalue weighted by atomic mass is 10.1. The van der Waals surface area contributed by atoms with Gasteiger partial charge in [0.25, 0.3) is 5.91 Å². The molecule has 0 atom stereocenters. The molecule has 0 aromatic heterocycles. The summed E-state index contributed by atoms with van der Waals surface area (Å²) in [7, 11) is 1.53. The van der Waals surface area contributed by atoms with Gasteiger partial charge in [-0.25, -0.2) is 0 Å². The quantitative estimate of drug-likeness (QED) is 0.496. The zero-order valence-corrected chi connectivity index (χ0v) is 11.5. The van der Waals surface area contributed by atoms with E-state index >= 15 is 0 Å². The minimum atomic E-state index is -0.792. The number of ether oxygens (including phenoxy) is 1. The third kappa shape index (κ3) is 5.17. The standard InChI is InChI=1S/C14H20N2O4/c1-20-10-6-7-11(12(15)9-10)14(19)16-8-4-2-3-5-13(17)18/h6-7,9H,2-5,8,15H2,1H3,(H,16,19)(H,17,18). The molecule has 0 unspecified atom stereocenters. The molecule has 0 saturated heterocycles. The molecule has 6 heteroatoms. The van der Waals surface area contributed by atoms with Crippen molar-refractivity contribution >= 4 is 17.6 Å². The summed E-state index contributed by atoms with van der Waals surface area (Å²) in [6, 6.07) is 4.90. The van der Waals surface area contributed by atoms with E-state index < -0.39 is 5.97 Å². The third-order valence-electron chi connectivity index (χ3n) is 2.86. The van der Waals surface area contributed by atoms with Crippen LogP contribution in [0, 0.1) is 0 Å². The van der Waals surface area contributed by atoms with Gasteiger partial charge >= 0.3 is 5.97 Å². The number of methoxy groups -OCH3 is 1. The second-order valence-electron chi connectivity index (χ2n) is 4.41. The molecule has 0 saturated carbocycles. The molecule has 1 aromatic carbocycles. The number of carbonyl (C=O) groups excluding carboxylic acids is 1. The van der Waals surface area contributed by atoms with Crippen LogP contribution in [0.3, 0.4) is 0 Å². The Kier molecular flexibility index (Phi) is 6.36. The average molecular weight is 280 g/mol. The Hall–Kier alpha value is -2.24. The van der Waals surface area contributed by atoms with Crippen molar-refractivity contribution in [1.29, 1.82) is 0 Å². The molecule has 0 radical (unpaired) electrons. The van der Waals surface area contributed by atoms with E-state index in [-0.39, 0.29) is 12.3 Å². The Bertz CT molecular complexity index is 474. The molecular weight excluding hydrogens is 260 g/mol. The highest BCUT2D eigenvalue weighted by molar-refractivity contribution is 5.99. The number of carboxylic acid groups (broad SMARTS) is 1. The number of unbranched alkanes of at least 4 members (excludes halogenated alkanes) is 2. The van der Waals surface area contributed by atoms with Crippen LogP contribution in [-0.2, 0) is 4.79 Å². The first-order valence-electron chi connectivity index (χ1n) is 6.48. The number of carbonyl (C=O) groups is 2. The lowest BCUT2D eigenvalue weighted by molar-refractivity contribution is -0.137. The van der Waals surface area contributed by atoms with Crippen molar-refractivity contribution in [2.75, 3.05) is 19.4 Å². The fourth-order valence-corrected chi connectivity index (χ4v) is 1.75. The summed E-state index contributed by atoms with van der Waals surface area (Å²) in [4.78, 5) is 22.2. The van der Waals surface area contributed by atoms with Crippen LogP contribution in [0.25, 0.3) is 0 Å². The summed E-state index contributed by atoms with van der Waals surface area (Å²) < 4.78 is 5.01. The highest BCUT2D eigenvalue weighted by Gasteiger charge is 2.09. The fraction of sp³-hybridized carbons (Fsp3) is 0.429. The van der Waals surface area contributed by atoms with Gasteiger partial charge in [-0.1, -0.05) is 6.42 Å². The van der Waals surface area contributed by atoms with Gasteiger partial charge in [0, 0.05) is 24.7 Å². The first kappa shape index (κ1) is 15.8. The molecule has 0 aliphatic heterocycles. The van der Waals surface area contributed by atoms with Crippen molar-refractivity contribution < 1.29 is 19.4 Å². The minimum absolute atomic E-state index is 0.166. The van der Waals surface area contributed by atoms with Crippen LogP contribution in [0.1, 0.15) is 36.0 Å². The van der Waals surface area contributed by atoms with Crippen LogP contribution >= 0.6 is 0 Å². The van der Waals surface area contributed by atoms with Crippen molar-refractivity contribution in [2.24, 2.45) is 0 Å². The number of nitrogens with one attached hydrogen (secondary N) is 1. The topological polar surface area (TPSA) is 102 Å². The molecular formula is C14H20N2O4. The number of rotatable bonds is 8. The van der Waals surface area contributed by atoms with Crippen molar-refractivity contribution in [2.45, 2.75) is 25.7 Å². The Morgan fingerprint density at radius 2 is 2.05 bits per heavy atom. The van der Waals surface area contributed by atoms with Gasteiger partial charge in [-0.2, -0.15) is 0 Å². The van der Waals surface area contributed by atoms with Gasteiger partial charge in [-0.3, -0.25) is 9.59 Å². The number of anilines is 1. The average Bonchev–Trinajstić information content (AvgIpc) is 2.41. The number of hydrogen-bond acceptors (Lipinski definition) is 4. The number of hydrogen-bond donors (Lipinski definition) is 3. The van der Waals surface area contributed by atoms with E-state index in [1.54, 1.807) is 18.2 Å². The molecule has 0 aliphatic carbocycles. The number of aliphatic carboxylic acids is 1. The molecule has 110 valence electrons. The minimum Gasteiger partial charge on any atom is -0.497 e. The lowest BCUT2D eigenvalue weighted by Gasteiger charge is -2.08. The molecule has 1 aromatic rings. The van der Waals surface area contributed by atoms with Crippen LogP contribution in [0.15, 0.2) is 18.2 Å². The van der Waals surface area contributed by atoms with Crippen LogP contribution in [0.2, 0.25) is 0 Å². The fourth-order valence-electron chi connectivity index (χ4n) is 1.75.